The average molecular weight is 388 g/mol. The van der Waals surface area contributed by atoms with Crippen molar-refractivity contribution in [2.24, 2.45) is 0 Å². The summed E-state index contributed by atoms with van der Waals surface area (Å²) in [4.78, 5) is 28.8. The quantitative estimate of drug-likeness (QED) is 0.730. The molecule has 5 nitrogen and oxygen atoms in total. The minimum Gasteiger partial charge on any atom is -0.324 e. The molecule has 3 rings (SSSR count). The Labute approximate surface area is 160 Å². The zero-order chi connectivity index (χ0) is 18.7. The third-order valence-electron chi connectivity index (χ3n) is 3.88. The summed E-state index contributed by atoms with van der Waals surface area (Å²) in [6, 6.07) is 13.7. The van der Waals surface area contributed by atoms with Crippen LogP contribution in [0.3, 0.4) is 0 Å². The van der Waals surface area contributed by atoms with Crippen molar-refractivity contribution in [1.29, 1.82) is 0 Å². The van der Waals surface area contributed by atoms with Crippen LogP contribution in [-0.2, 0) is 11.3 Å². The molecule has 0 unspecified atom stereocenters. The van der Waals surface area contributed by atoms with Gasteiger partial charge in [-0.3, -0.25) is 14.2 Å². The molecular weight excluding hydrogens is 373 g/mol. The van der Waals surface area contributed by atoms with Gasteiger partial charge in [0.2, 0.25) is 5.91 Å². The van der Waals surface area contributed by atoms with E-state index in [2.05, 4.69) is 10.3 Å². The summed E-state index contributed by atoms with van der Waals surface area (Å²) >= 11 is 11.9. The molecule has 0 aliphatic carbocycles. The van der Waals surface area contributed by atoms with Gasteiger partial charge in [0.15, 0.2) is 0 Å². The lowest BCUT2D eigenvalue weighted by atomic mass is 10.1. The molecule has 1 N–H and O–H groups in total. The van der Waals surface area contributed by atoms with E-state index < -0.39 is 0 Å². The number of anilines is 1. The molecule has 0 aliphatic rings. The van der Waals surface area contributed by atoms with Crippen LogP contribution < -0.4 is 10.9 Å². The van der Waals surface area contributed by atoms with Crippen molar-refractivity contribution in [3.8, 4) is 11.3 Å². The van der Waals surface area contributed by atoms with Gasteiger partial charge in [0.05, 0.1) is 12.0 Å². The van der Waals surface area contributed by atoms with Crippen molar-refractivity contribution in [3.05, 3.63) is 80.8 Å². The van der Waals surface area contributed by atoms with E-state index in [1.807, 2.05) is 6.92 Å². The molecule has 0 atom stereocenters. The Morgan fingerprint density at radius 2 is 1.88 bits per heavy atom. The van der Waals surface area contributed by atoms with Crippen LogP contribution in [0.4, 0.5) is 5.69 Å². The van der Waals surface area contributed by atoms with E-state index in [-0.39, 0.29) is 18.0 Å². The van der Waals surface area contributed by atoms with E-state index >= 15 is 0 Å². The third-order valence-corrected chi connectivity index (χ3v) is 4.54. The van der Waals surface area contributed by atoms with Crippen LogP contribution in [0.15, 0.2) is 59.7 Å². The lowest BCUT2D eigenvalue weighted by Crippen LogP contribution is -2.27. The van der Waals surface area contributed by atoms with Gasteiger partial charge >= 0.3 is 0 Å². The molecule has 132 valence electrons. The van der Waals surface area contributed by atoms with Gasteiger partial charge in [0, 0.05) is 27.4 Å². The fourth-order valence-electron chi connectivity index (χ4n) is 2.41. The molecule has 0 aliphatic heterocycles. The molecule has 0 saturated carbocycles. The normalized spacial score (nSPS) is 10.6. The summed E-state index contributed by atoms with van der Waals surface area (Å²) in [5.74, 6) is -0.335. The highest BCUT2D eigenvalue weighted by Gasteiger charge is 2.10. The molecule has 0 saturated heterocycles. The zero-order valence-electron chi connectivity index (χ0n) is 13.9. The monoisotopic (exact) mass is 387 g/mol. The molecule has 3 aromatic rings. The topological polar surface area (TPSA) is 64.0 Å². The van der Waals surface area contributed by atoms with Gasteiger partial charge in [0.25, 0.3) is 5.56 Å². The van der Waals surface area contributed by atoms with Crippen molar-refractivity contribution in [3.63, 3.8) is 0 Å². The van der Waals surface area contributed by atoms with Crippen LogP contribution in [-0.4, -0.2) is 15.5 Å². The minimum atomic E-state index is -0.335. The van der Waals surface area contributed by atoms with Crippen LogP contribution in [0.25, 0.3) is 11.3 Å². The van der Waals surface area contributed by atoms with Crippen molar-refractivity contribution in [2.75, 3.05) is 5.32 Å². The number of nitrogens with one attached hydrogen (secondary N) is 1. The van der Waals surface area contributed by atoms with Gasteiger partial charge in [-0.25, -0.2) is 4.98 Å². The number of hydrogen-bond acceptors (Lipinski definition) is 3. The highest BCUT2D eigenvalue weighted by molar-refractivity contribution is 6.31. The number of carbonyl (C=O) groups is 1. The Kier molecular flexibility index (Phi) is 5.40. The predicted octanol–water partition coefficient (Wildman–Crippen LogP) is 4.16. The molecule has 0 fully saturated rings. The second-order valence-electron chi connectivity index (χ2n) is 5.71. The van der Waals surface area contributed by atoms with Crippen LogP contribution in [0.5, 0.6) is 0 Å². The Morgan fingerprint density at radius 3 is 2.58 bits per heavy atom. The van der Waals surface area contributed by atoms with Gasteiger partial charge in [0.1, 0.15) is 6.54 Å². The van der Waals surface area contributed by atoms with E-state index in [1.54, 1.807) is 42.5 Å². The summed E-state index contributed by atoms with van der Waals surface area (Å²) in [6.45, 7) is 1.67. The maximum Gasteiger partial charge on any atom is 0.254 e. The van der Waals surface area contributed by atoms with Gasteiger partial charge in [-0.15, -0.1) is 0 Å². The second kappa shape index (κ2) is 7.72. The number of carbonyl (C=O) groups excluding carboxylic acids is 1. The first kappa shape index (κ1) is 18.2. The van der Waals surface area contributed by atoms with Crippen molar-refractivity contribution in [1.82, 2.24) is 9.55 Å². The number of hydrogen-bond donors (Lipinski definition) is 1. The fourth-order valence-corrected chi connectivity index (χ4v) is 2.71. The highest BCUT2D eigenvalue weighted by atomic mass is 35.5. The zero-order valence-corrected chi connectivity index (χ0v) is 15.4. The number of halogens is 2. The largest absolute Gasteiger partial charge is 0.324 e. The Bertz CT molecular complexity index is 1010. The summed E-state index contributed by atoms with van der Waals surface area (Å²) in [7, 11) is 0. The second-order valence-corrected chi connectivity index (χ2v) is 6.55. The van der Waals surface area contributed by atoms with Crippen molar-refractivity contribution >= 4 is 34.8 Å². The SMILES string of the molecule is Cc1c(Cl)cccc1NC(=O)Cn1cnc(-c2ccc(Cl)cc2)cc1=O. The standard InChI is InChI=1S/C19H15Cl2N3O2/c1-12-15(21)3-2-4-16(12)23-18(25)10-24-11-22-17(9-19(24)26)13-5-7-14(20)8-6-13/h2-9,11H,10H2,1H3,(H,23,25). The molecule has 1 amide bonds. The molecule has 7 heteroatoms. The fraction of sp³-hybridized carbons (Fsp3) is 0.105. The van der Waals surface area contributed by atoms with E-state index in [0.29, 0.717) is 21.4 Å². The number of nitrogens with zero attached hydrogens (tertiary/aromatic N) is 2. The lowest BCUT2D eigenvalue weighted by Gasteiger charge is -2.10. The molecule has 26 heavy (non-hydrogen) atoms. The summed E-state index contributed by atoms with van der Waals surface area (Å²) in [5, 5.41) is 3.92. The Hall–Kier alpha value is -2.63. The number of benzene rings is 2. The lowest BCUT2D eigenvalue weighted by molar-refractivity contribution is -0.116. The van der Waals surface area contributed by atoms with E-state index in [0.717, 1.165) is 11.1 Å². The highest BCUT2D eigenvalue weighted by Crippen LogP contribution is 2.23. The van der Waals surface area contributed by atoms with Gasteiger partial charge in [-0.1, -0.05) is 41.4 Å². The van der Waals surface area contributed by atoms with Crippen molar-refractivity contribution in [2.45, 2.75) is 13.5 Å². The van der Waals surface area contributed by atoms with Crippen LogP contribution in [0.2, 0.25) is 10.0 Å². The smallest absolute Gasteiger partial charge is 0.254 e. The average Bonchev–Trinajstić information content (AvgIpc) is 2.61. The Morgan fingerprint density at radius 1 is 1.15 bits per heavy atom. The minimum absolute atomic E-state index is 0.140. The van der Waals surface area contributed by atoms with Gasteiger partial charge in [-0.2, -0.15) is 0 Å². The first-order chi connectivity index (χ1) is 12.4. The summed E-state index contributed by atoms with van der Waals surface area (Å²) in [5.41, 5.74) is 2.36. The predicted molar refractivity (Wildman–Crippen MR) is 104 cm³/mol. The van der Waals surface area contributed by atoms with Gasteiger partial charge < -0.3 is 5.32 Å². The molecule has 1 aromatic heterocycles. The molecular formula is C19H15Cl2N3O2. The molecule has 0 bridgehead atoms. The molecule has 1 heterocycles. The van der Waals surface area contributed by atoms with E-state index in [9.17, 15) is 9.59 Å². The summed E-state index contributed by atoms with van der Waals surface area (Å²) in [6.07, 6.45) is 1.36. The number of amides is 1. The van der Waals surface area contributed by atoms with Crippen LogP contribution in [0, 0.1) is 6.92 Å². The molecule has 0 spiro atoms. The first-order valence-electron chi connectivity index (χ1n) is 7.81. The van der Waals surface area contributed by atoms with Crippen LogP contribution in [0.1, 0.15) is 5.56 Å². The first-order valence-corrected chi connectivity index (χ1v) is 8.57. The maximum absolute atomic E-state index is 12.3. The van der Waals surface area contributed by atoms with Crippen molar-refractivity contribution < 1.29 is 4.79 Å². The summed E-state index contributed by atoms with van der Waals surface area (Å²) < 4.78 is 1.24. The molecule has 2 aromatic carbocycles. The van der Waals surface area contributed by atoms with E-state index in [4.69, 9.17) is 23.2 Å². The number of rotatable bonds is 4. The Balaban J connectivity index is 1.76. The third kappa shape index (κ3) is 4.12. The van der Waals surface area contributed by atoms with Gasteiger partial charge in [-0.05, 0) is 36.8 Å². The maximum atomic E-state index is 12.3. The molecule has 0 radical (unpaired) electrons. The number of aromatic nitrogens is 2. The van der Waals surface area contributed by atoms with E-state index in [1.165, 1.54) is 17.0 Å². The van der Waals surface area contributed by atoms with Crippen LogP contribution >= 0.6 is 23.2 Å².